The van der Waals surface area contributed by atoms with Crippen molar-refractivity contribution < 1.29 is 18.7 Å². The number of halogens is 1. The first kappa shape index (κ1) is 23.6. The molecular formula is C27H23FN4O3. The van der Waals surface area contributed by atoms with Gasteiger partial charge in [0.15, 0.2) is 0 Å². The minimum Gasteiger partial charge on any atom is -0.497 e. The van der Waals surface area contributed by atoms with Crippen molar-refractivity contribution in [3.05, 3.63) is 114 Å². The standard InChI is InChI=1S/C27H23FN4O3/c1-18-4-3-5-22(16-18)32(27(34)24-17-29-14-15-30-24)25(19-6-12-23(35-2)13-7-19)26(33)31-21-10-8-20(28)9-11-21/h3-17,25H,1-2H3,(H,31,33)/t25-/m1/s1. The van der Waals surface area contributed by atoms with Crippen LogP contribution >= 0.6 is 0 Å². The van der Waals surface area contributed by atoms with Crippen molar-refractivity contribution in [1.82, 2.24) is 9.97 Å². The zero-order chi connectivity index (χ0) is 24.8. The highest BCUT2D eigenvalue weighted by Gasteiger charge is 2.34. The zero-order valence-electron chi connectivity index (χ0n) is 19.2. The maximum Gasteiger partial charge on any atom is 0.279 e. The molecular weight excluding hydrogens is 447 g/mol. The third-order valence-corrected chi connectivity index (χ3v) is 5.33. The van der Waals surface area contributed by atoms with Crippen LogP contribution < -0.4 is 15.0 Å². The topological polar surface area (TPSA) is 84.4 Å². The molecule has 0 aliphatic carbocycles. The molecule has 2 amide bonds. The minimum atomic E-state index is -1.08. The number of benzene rings is 3. The number of amides is 2. The molecule has 8 heteroatoms. The van der Waals surface area contributed by atoms with E-state index < -0.39 is 23.7 Å². The number of nitrogens with zero attached hydrogens (tertiary/aromatic N) is 3. The van der Waals surface area contributed by atoms with Crippen LogP contribution in [0.5, 0.6) is 5.75 Å². The lowest BCUT2D eigenvalue weighted by molar-refractivity contribution is -0.117. The summed E-state index contributed by atoms with van der Waals surface area (Å²) in [5.41, 5.74) is 2.44. The Morgan fingerprint density at radius 1 is 1.00 bits per heavy atom. The third kappa shape index (κ3) is 5.50. The van der Waals surface area contributed by atoms with Crippen molar-refractivity contribution in [3.63, 3.8) is 0 Å². The molecule has 4 rings (SSSR count). The quantitative estimate of drug-likeness (QED) is 0.413. The molecule has 0 aliphatic heterocycles. The summed E-state index contributed by atoms with van der Waals surface area (Å²) in [6.45, 7) is 1.90. The fraction of sp³-hybridized carbons (Fsp3) is 0.111. The average molecular weight is 471 g/mol. The van der Waals surface area contributed by atoms with Crippen LogP contribution in [0.1, 0.15) is 27.7 Å². The van der Waals surface area contributed by atoms with Crippen molar-refractivity contribution in [3.8, 4) is 5.75 Å². The van der Waals surface area contributed by atoms with Crippen LogP contribution in [0.2, 0.25) is 0 Å². The number of carbonyl (C=O) groups is 2. The predicted octanol–water partition coefficient (Wildman–Crippen LogP) is 4.96. The molecule has 0 bridgehead atoms. The molecule has 1 aromatic heterocycles. The van der Waals surface area contributed by atoms with Crippen LogP contribution in [-0.2, 0) is 4.79 Å². The van der Waals surface area contributed by atoms with Gasteiger partial charge in [-0.15, -0.1) is 0 Å². The summed E-state index contributed by atoms with van der Waals surface area (Å²) in [6, 6.07) is 18.5. The first-order valence-corrected chi connectivity index (χ1v) is 10.8. The molecule has 0 saturated carbocycles. The molecule has 1 N–H and O–H groups in total. The van der Waals surface area contributed by atoms with Gasteiger partial charge in [0.1, 0.15) is 23.3 Å². The summed E-state index contributed by atoms with van der Waals surface area (Å²) in [4.78, 5) is 37.0. The fourth-order valence-electron chi connectivity index (χ4n) is 3.64. The van der Waals surface area contributed by atoms with Gasteiger partial charge in [0.05, 0.1) is 13.3 Å². The fourth-order valence-corrected chi connectivity index (χ4v) is 3.64. The van der Waals surface area contributed by atoms with Crippen LogP contribution in [0.25, 0.3) is 0 Å². The van der Waals surface area contributed by atoms with Crippen LogP contribution in [0.3, 0.4) is 0 Å². The van der Waals surface area contributed by atoms with Gasteiger partial charge in [0.25, 0.3) is 11.8 Å². The Labute approximate surface area is 202 Å². The monoisotopic (exact) mass is 470 g/mol. The van der Waals surface area contributed by atoms with E-state index in [-0.39, 0.29) is 5.69 Å². The molecule has 176 valence electrons. The van der Waals surface area contributed by atoms with Crippen molar-refractivity contribution >= 4 is 23.2 Å². The molecule has 0 fully saturated rings. The number of carbonyl (C=O) groups excluding carboxylic acids is 2. The molecule has 35 heavy (non-hydrogen) atoms. The molecule has 1 atom stereocenters. The first-order chi connectivity index (χ1) is 17.0. The molecule has 0 spiro atoms. The van der Waals surface area contributed by atoms with E-state index in [1.54, 1.807) is 37.4 Å². The van der Waals surface area contributed by atoms with Crippen LogP contribution in [0, 0.1) is 12.7 Å². The molecule has 0 unspecified atom stereocenters. The Morgan fingerprint density at radius 3 is 2.37 bits per heavy atom. The van der Waals surface area contributed by atoms with Crippen molar-refractivity contribution in [1.29, 1.82) is 0 Å². The first-order valence-electron chi connectivity index (χ1n) is 10.8. The lowest BCUT2D eigenvalue weighted by atomic mass is 10.0. The number of ether oxygens (including phenoxy) is 1. The van der Waals surface area contributed by atoms with Crippen LogP contribution in [-0.4, -0.2) is 28.9 Å². The Balaban J connectivity index is 1.84. The zero-order valence-corrected chi connectivity index (χ0v) is 19.2. The van der Waals surface area contributed by atoms with E-state index in [2.05, 4.69) is 15.3 Å². The van der Waals surface area contributed by atoms with Crippen LogP contribution in [0.4, 0.5) is 15.8 Å². The van der Waals surface area contributed by atoms with E-state index in [0.717, 1.165) is 5.56 Å². The van der Waals surface area contributed by atoms with E-state index in [1.165, 1.54) is 47.8 Å². The number of aryl methyl sites for hydroxylation is 1. The molecule has 4 aromatic rings. The summed E-state index contributed by atoms with van der Waals surface area (Å²) in [5, 5.41) is 2.80. The summed E-state index contributed by atoms with van der Waals surface area (Å²) >= 11 is 0. The van der Waals surface area contributed by atoms with E-state index >= 15 is 0 Å². The summed E-state index contributed by atoms with van der Waals surface area (Å²) in [7, 11) is 1.55. The second kappa shape index (κ2) is 10.6. The predicted molar refractivity (Wildman–Crippen MR) is 131 cm³/mol. The Hall–Kier alpha value is -4.59. The highest BCUT2D eigenvalue weighted by atomic mass is 19.1. The number of aromatic nitrogens is 2. The van der Waals surface area contributed by atoms with Gasteiger partial charge >= 0.3 is 0 Å². The van der Waals surface area contributed by atoms with Gasteiger partial charge in [0.2, 0.25) is 0 Å². The maximum absolute atomic E-state index is 13.8. The number of hydrogen-bond acceptors (Lipinski definition) is 5. The highest BCUT2D eigenvalue weighted by molar-refractivity contribution is 6.11. The van der Waals surface area contributed by atoms with Gasteiger partial charge in [-0.2, -0.15) is 0 Å². The van der Waals surface area contributed by atoms with Gasteiger partial charge in [-0.3, -0.25) is 19.5 Å². The van der Waals surface area contributed by atoms with Gasteiger partial charge in [-0.05, 0) is 66.6 Å². The van der Waals surface area contributed by atoms with Gasteiger partial charge in [-0.1, -0.05) is 24.3 Å². The number of methoxy groups -OCH3 is 1. The smallest absolute Gasteiger partial charge is 0.279 e. The van der Waals surface area contributed by atoms with Gasteiger partial charge in [0, 0.05) is 23.8 Å². The maximum atomic E-state index is 13.8. The van der Waals surface area contributed by atoms with Crippen LogP contribution in [0.15, 0.2) is 91.4 Å². The molecule has 0 radical (unpaired) electrons. The molecule has 0 saturated heterocycles. The van der Waals surface area contributed by atoms with Crippen molar-refractivity contribution in [2.45, 2.75) is 13.0 Å². The minimum absolute atomic E-state index is 0.0853. The highest BCUT2D eigenvalue weighted by Crippen LogP contribution is 2.32. The van der Waals surface area contributed by atoms with E-state index in [4.69, 9.17) is 4.74 Å². The second-order valence-corrected chi connectivity index (χ2v) is 7.78. The number of rotatable bonds is 7. The number of hydrogen-bond donors (Lipinski definition) is 1. The largest absolute Gasteiger partial charge is 0.497 e. The van der Waals surface area contributed by atoms with Crippen molar-refractivity contribution in [2.75, 3.05) is 17.3 Å². The molecule has 7 nitrogen and oxygen atoms in total. The summed E-state index contributed by atoms with van der Waals surface area (Å²) in [6.07, 6.45) is 4.24. The number of nitrogens with one attached hydrogen (secondary N) is 1. The Bertz CT molecular complexity index is 1310. The number of anilines is 2. The van der Waals surface area contributed by atoms with Gasteiger partial charge < -0.3 is 10.1 Å². The second-order valence-electron chi connectivity index (χ2n) is 7.78. The average Bonchev–Trinajstić information content (AvgIpc) is 2.88. The lowest BCUT2D eigenvalue weighted by Crippen LogP contribution is -2.42. The van der Waals surface area contributed by atoms with E-state index in [1.807, 2.05) is 25.1 Å². The molecule has 3 aromatic carbocycles. The molecule has 0 aliphatic rings. The Kier molecular flexibility index (Phi) is 7.11. The summed E-state index contributed by atoms with van der Waals surface area (Å²) in [5.74, 6) is -0.804. The lowest BCUT2D eigenvalue weighted by Gasteiger charge is -2.31. The summed E-state index contributed by atoms with van der Waals surface area (Å²) < 4.78 is 18.7. The van der Waals surface area contributed by atoms with E-state index in [9.17, 15) is 14.0 Å². The molecule has 1 heterocycles. The SMILES string of the molecule is COc1ccc([C@H](C(=O)Nc2ccc(F)cc2)N(C(=O)c2cnccn2)c2cccc(C)c2)cc1. The van der Waals surface area contributed by atoms with E-state index in [0.29, 0.717) is 22.7 Å². The third-order valence-electron chi connectivity index (χ3n) is 5.33. The Morgan fingerprint density at radius 2 is 1.74 bits per heavy atom. The normalized spacial score (nSPS) is 11.4. The van der Waals surface area contributed by atoms with Crippen molar-refractivity contribution in [2.24, 2.45) is 0 Å². The van der Waals surface area contributed by atoms with Gasteiger partial charge in [-0.25, -0.2) is 9.37 Å².